The molecule has 2 aromatic rings. The number of imide groups is 1. The van der Waals surface area contributed by atoms with E-state index in [1.807, 2.05) is 13.8 Å². The van der Waals surface area contributed by atoms with Crippen LogP contribution in [0.25, 0.3) is 11.4 Å². The van der Waals surface area contributed by atoms with E-state index in [2.05, 4.69) is 10.2 Å². The molecule has 8 nitrogen and oxygen atoms in total. The predicted octanol–water partition coefficient (Wildman–Crippen LogP) is 1.82. The van der Waals surface area contributed by atoms with Crippen LogP contribution in [0.15, 0.2) is 18.2 Å². The zero-order valence-corrected chi connectivity index (χ0v) is 15.9. The molecule has 4 rings (SSSR count). The first-order valence-electron chi connectivity index (χ1n) is 8.36. The Balaban J connectivity index is 2.05. The van der Waals surface area contributed by atoms with Crippen molar-refractivity contribution in [1.29, 1.82) is 0 Å². The van der Waals surface area contributed by atoms with Crippen LogP contribution in [0.1, 0.15) is 13.8 Å². The second-order valence-corrected chi connectivity index (χ2v) is 7.16. The summed E-state index contributed by atoms with van der Waals surface area (Å²) < 4.78 is 17.4. The molecule has 3 heterocycles. The van der Waals surface area contributed by atoms with E-state index in [1.165, 1.54) is 28.3 Å². The number of hydrogen-bond donors (Lipinski definition) is 0. The summed E-state index contributed by atoms with van der Waals surface area (Å²) in [5.41, 5.74) is 0.0713. The minimum atomic E-state index is -0.757. The van der Waals surface area contributed by atoms with Gasteiger partial charge in [-0.3, -0.25) is 4.79 Å². The molecule has 0 N–H and O–H groups in total. The highest BCUT2D eigenvalue weighted by Gasteiger charge is 2.56. The summed E-state index contributed by atoms with van der Waals surface area (Å²) in [5, 5.41) is 8.47. The van der Waals surface area contributed by atoms with Crippen LogP contribution in [0.2, 0.25) is 5.02 Å². The fourth-order valence-electron chi connectivity index (χ4n) is 3.58. The molecule has 0 fully saturated rings. The Morgan fingerprint density at radius 3 is 2.59 bits per heavy atom. The molecule has 1 unspecified atom stereocenters. The number of urea groups is 1. The highest BCUT2D eigenvalue weighted by atomic mass is 35.5. The van der Waals surface area contributed by atoms with Crippen molar-refractivity contribution in [2.45, 2.75) is 25.9 Å². The zero-order chi connectivity index (χ0) is 19.6. The Morgan fingerprint density at radius 1 is 1.26 bits per heavy atom. The first-order chi connectivity index (χ1) is 12.8. The monoisotopic (exact) mass is 391 g/mol. The van der Waals surface area contributed by atoms with Gasteiger partial charge in [-0.05, 0) is 26.0 Å². The number of fused-ring (bicyclic) bond motifs is 3. The zero-order valence-electron chi connectivity index (χ0n) is 15.1. The largest absolute Gasteiger partial charge is 0.445 e. The van der Waals surface area contributed by atoms with Gasteiger partial charge in [0.1, 0.15) is 5.82 Å². The molecule has 2 aliphatic heterocycles. The first kappa shape index (κ1) is 17.6. The van der Waals surface area contributed by atoms with E-state index in [-0.39, 0.29) is 28.4 Å². The number of anilines is 1. The van der Waals surface area contributed by atoms with Crippen molar-refractivity contribution in [3.8, 4) is 11.4 Å². The van der Waals surface area contributed by atoms with Crippen LogP contribution in [0.4, 0.5) is 15.1 Å². The lowest BCUT2D eigenvalue weighted by atomic mass is 10.1. The fourth-order valence-corrected chi connectivity index (χ4v) is 3.83. The summed E-state index contributed by atoms with van der Waals surface area (Å²) in [4.78, 5) is 28.2. The van der Waals surface area contributed by atoms with Crippen molar-refractivity contribution in [1.82, 2.24) is 19.7 Å². The maximum absolute atomic E-state index is 14.5. The molecule has 3 amide bonds. The van der Waals surface area contributed by atoms with Crippen molar-refractivity contribution in [3.05, 3.63) is 29.0 Å². The number of likely N-dealkylation sites (N-methyl/N-ethyl adjacent to an activating group) is 1. The van der Waals surface area contributed by atoms with Gasteiger partial charge in [0.15, 0.2) is 0 Å². The summed E-state index contributed by atoms with van der Waals surface area (Å²) in [6.07, 6.45) is 0. The molecule has 27 heavy (non-hydrogen) atoms. The number of aromatic nitrogens is 3. The molecule has 0 bridgehead atoms. The van der Waals surface area contributed by atoms with E-state index in [9.17, 15) is 14.0 Å². The van der Waals surface area contributed by atoms with Crippen molar-refractivity contribution >= 4 is 35.3 Å². The highest BCUT2D eigenvalue weighted by Crippen LogP contribution is 2.37. The fraction of sp³-hybridized carbons (Fsp3) is 0.353. The molecule has 0 spiro atoms. The first-order valence-corrected chi connectivity index (χ1v) is 8.74. The molecule has 140 valence electrons. The second kappa shape index (κ2) is 5.85. The SMILES string of the molecule is CC(C)N1c2nnc(-c3c(F)cccc3Cl)n2C2=[N+](C)C(=O)N(C)C(=O)C21. The number of carbonyl (C=O) groups is 2. The van der Waals surface area contributed by atoms with Gasteiger partial charge in [-0.25, -0.2) is 13.8 Å². The van der Waals surface area contributed by atoms with Crippen molar-refractivity contribution in [3.63, 3.8) is 0 Å². The molecule has 1 aromatic carbocycles. The molecule has 1 atom stereocenters. The maximum atomic E-state index is 14.5. The number of halogens is 2. The number of hydrogen-bond acceptors (Lipinski definition) is 5. The topological polar surface area (TPSA) is 74.3 Å². The number of rotatable bonds is 2. The van der Waals surface area contributed by atoms with E-state index in [1.54, 1.807) is 18.0 Å². The number of carbonyl (C=O) groups excluding carboxylic acids is 2. The molecule has 0 saturated heterocycles. The average Bonchev–Trinajstić information content (AvgIpc) is 3.16. The normalized spacial score (nSPS) is 19.3. The predicted molar refractivity (Wildman–Crippen MR) is 96.6 cm³/mol. The van der Waals surface area contributed by atoms with Gasteiger partial charge < -0.3 is 4.90 Å². The average molecular weight is 392 g/mol. The summed E-state index contributed by atoms with van der Waals surface area (Å²) >= 11 is 6.21. The molecular formula is C17H17ClFN6O2+. The van der Waals surface area contributed by atoms with Gasteiger partial charge in [0.25, 0.3) is 5.95 Å². The molecular weight excluding hydrogens is 375 g/mol. The third-order valence-electron chi connectivity index (χ3n) is 4.85. The number of amides is 3. The lowest BCUT2D eigenvalue weighted by Gasteiger charge is -2.29. The van der Waals surface area contributed by atoms with Gasteiger partial charge in [-0.15, -0.1) is 5.10 Å². The number of benzene rings is 1. The highest BCUT2D eigenvalue weighted by molar-refractivity contribution is 6.33. The summed E-state index contributed by atoms with van der Waals surface area (Å²) in [7, 11) is 3.00. The van der Waals surface area contributed by atoms with E-state index in [0.29, 0.717) is 11.8 Å². The van der Waals surface area contributed by atoms with Crippen molar-refractivity contribution in [2.24, 2.45) is 0 Å². The van der Waals surface area contributed by atoms with Crippen LogP contribution in [-0.4, -0.2) is 68.2 Å². The van der Waals surface area contributed by atoms with Crippen LogP contribution in [-0.2, 0) is 4.79 Å². The Morgan fingerprint density at radius 2 is 1.96 bits per heavy atom. The van der Waals surface area contributed by atoms with Crippen molar-refractivity contribution < 1.29 is 18.6 Å². The Kier molecular flexibility index (Phi) is 3.81. The van der Waals surface area contributed by atoms with Gasteiger partial charge >= 0.3 is 11.9 Å². The van der Waals surface area contributed by atoms with E-state index in [0.717, 1.165) is 4.90 Å². The van der Waals surface area contributed by atoms with E-state index >= 15 is 0 Å². The third kappa shape index (κ3) is 2.24. The minimum absolute atomic E-state index is 0.0713. The quantitative estimate of drug-likeness (QED) is 0.730. The number of nitrogens with zero attached hydrogens (tertiary/aromatic N) is 6. The van der Waals surface area contributed by atoms with Crippen LogP contribution < -0.4 is 4.90 Å². The van der Waals surface area contributed by atoms with Gasteiger partial charge in [0.2, 0.25) is 17.7 Å². The second-order valence-electron chi connectivity index (χ2n) is 6.76. The summed E-state index contributed by atoms with van der Waals surface area (Å²) in [6.45, 7) is 3.81. The van der Waals surface area contributed by atoms with Gasteiger partial charge in [0.05, 0.1) is 24.7 Å². The summed E-state index contributed by atoms with van der Waals surface area (Å²) in [5.74, 6) is -0.0639. The standard InChI is InChI=1S/C17H17ClFN6O2/c1-8(2)24-12-14(22(3)17(27)23(4)15(12)26)25-13(20-21-16(24)25)11-9(18)6-5-7-10(11)19/h5-8,12H,1-4H3/q+1. The molecule has 1 aromatic heterocycles. The lowest BCUT2D eigenvalue weighted by molar-refractivity contribution is -0.407. The van der Waals surface area contributed by atoms with Gasteiger partial charge in [-0.1, -0.05) is 22.8 Å². The minimum Gasteiger partial charge on any atom is -0.303 e. The molecule has 2 aliphatic rings. The molecule has 0 saturated carbocycles. The maximum Gasteiger partial charge on any atom is 0.445 e. The van der Waals surface area contributed by atoms with Crippen LogP contribution >= 0.6 is 11.6 Å². The lowest BCUT2D eigenvalue weighted by Crippen LogP contribution is -2.60. The third-order valence-corrected chi connectivity index (χ3v) is 5.17. The van der Waals surface area contributed by atoms with E-state index in [4.69, 9.17) is 11.6 Å². The Labute approximate surface area is 159 Å². The molecule has 10 heteroatoms. The molecule has 0 radical (unpaired) electrons. The smallest absolute Gasteiger partial charge is 0.303 e. The van der Waals surface area contributed by atoms with Crippen LogP contribution in [0, 0.1) is 5.82 Å². The van der Waals surface area contributed by atoms with E-state index < -0.39 is 17.9 Å². The van der Waals surface area contributed by atoms with Crippen LogP contribution in [0.3, 0.4) is 0 Å². The Bertz CT molecular complexity index is 1010. The van der Waals surface area contributed by atoms with Crippen molar-refractivity contribution in [2.75, 3.05) is 19.0 Å². The van der Waals surface area contributed by atoms with Gasteiger partial charge in [-0.2, -0.15) is 9.47 Å². The summed E-state index contributed by atoms with van der Waals surface area (Å²) in [6, 6.07) is 2.96. The van der Waals surface area contributed by atoms with Crippen LogP contribution in [0.5, 0.6) is 0 Å². The van der Waals surface area contributed by atoms with Gasteiger partial charge in [0, 0.05) is 6.04 Å². The molecule has 0 aliphatic carbocycles. The Hall–Kier alpha value is -2.81.